The van der Waals surface area contributed by atoms with Crippen molar-refractivity contribution in [2.45, 2.75) is 57.6 Å². The second-order valence-electron chi connectivity index (χ2n) is 12.5. The zero-order valence-corrected chi connectivity index (χ0v) is 30.0. The minimum Gasteiger partial charge on any atom is -0.465 e. The highest BCUT2D eigenvalue weighted by atomic mass is 31.2. The lowest BCUT2D eigenvalue weighted by molar-refractivity contribution is -0.228. The van der Waals surface area contributed by atoms with Crippen molar-refractivity contribution in [3.8, 4) is 5.75 Å². The van der Waals surface area contributed by atoms with Crippen LogP contribution in [0, 0.1) is 0 Å². The second-order valence-corrected chi connectivity index (χ2v) is 14.1. The molecule has 6 rings (SSSR count). The number of anilines is 1. The van der Waals surface area contributed by atoms with E-state index in [1.807, 2.05) is 79.0 Å². The second kappa shape index (κ2) is 17.7. The van der Waals surface area contributed by atoms with Gasteiger partial charge in [0.2, 0.25) is 12.2 Å². The van der Waals surface area contributed by atoms with Gasteiger partial charge in [-0.15, -0.1) is 0 Å². The third-order valence-corrected chi connectivity index (χ3v) is 10.00. The highest BCUT2D eigenvalue weighted by Gasteiger charge is 2.45. The first-order valence-electron chi connectivity index (χ1n) is 17.2. The first kappa shape index (κ1) is 37.7. The van der Waals surface area contributed by atoms with E-state index in [2.05, 4.69) is 10.3 Å². The molecule has 1 aliphatic heterocycles. The van der Waals surface area contributed by atoms with Gasteiger partial charge in [0.15, 0.2) is 0 Å². The van der Waals surface area contributed by atoms with Gasteiger partial charge in [0.25, 0.3) is 0 Å². The Morgan fingerprint density at radius 2 is 1.60 bits per heavy atom. The van der Waals surface area contributed by atoms with Gasteiger partial charge in [0.05, 0.1) is 18.8 Å². The molecule has 14 heteroatoms. The molecule has 0 unspecified atom stereocenters. The van der Waals surface area contributed by atoms with Crippen LogP contribution in [0.3, 0.4) is 0 Å². The number of nitrogen functional groups attached to an aromatic ring is 1. The summed E-state index contributed by atoms with van der Waals surface area (Å²) in [4.78, 5) is 27.6. The number of benzene rings is 4. The van der Waals surface area contributed by atoms with Gasteiger partial charge in [-0.3, -0.25) is 18.4 Å². The Bertz CT molecular complexity index is 1980. The van der Waals surface area contributed by atoms with Crippen LogP contribution in [0.5, 0.6) is 5.75 Å². The van der Waals surface area contributed by atoms with Crippen LogP contribution in [0.15, 0.2) is 109 Å². The fourth-order valence-electron chi connectivity index (χ4n) is 5.82. The maximum Gasteiger partial charge on any atom is 0.475 e. The van der Waals surface area contributed by atoms with E-state index in [-0.39, 0.29) is 36.8 Å². The number of nitrogens with two attached hydrogens (primary N) is 1. The van der Waals surface area contributed by atoms with Gasteiger partial charge in [0.1, 0.15) is 30.7 Å². The molecule has 0 bridgehead atoms. The third kappa shape index (κ3) is 10.3. The van der Waals surface area contributed by atoms with E-state index in [0.29, 0.717) is 18.7 Å². The van der Waals surface area contributed by atoms with E-state index in [1.54, 1.807) is 24.3 Å². The molecule has 0 aliphatic carbocycles. The van der Waals surface area contributed by atoms with Crippen LogP contribution in [0.2, 0.25) is 0 Å². The Morgan fingerprint density at radius 1 is 0.943 bits per heavy atom. The van der Waals surface area contributed by atoms with Crippen LogP contribution in [0.1, 0.15) is 40.4 Å². The number of aliphatic hydroxyl groups excluding tert-OH is 1. The molecule has 278 valence electrons. The molecule has 4 aromatic carbocycles. The fraction of sp³-hybridized carbons (Fsp3) is 0.282. The van der Waals surface area contributed by atoms with E-state index >= 15 is 0 Å². The van der Waals surface area contributed by atoms with Crippen LogP contribution in [0.4, 0.5) is 5.69 Å². The van der Waals surface area contributed by atoms with Crippen LogP contribution in [0.25, 0.3) is 10.9 Å². The number of hydrogen-bond acceptors (Lipinski definition) is 11. The van der Waals surface area contributed by atoms with Crippen LogP contribution in [-0.4, -0.2) is 59.7 Å². The van der Waals surface area contributed by atoms with Crippen molar-refractivity contribution in [3.05, 3.63) is 132 Å². The molecule has 1 aliphatic rings. The quantitative estimate of drug-likeness (QED) is 0.0524. The summed E-state index contributed by atoms with van der Waals surface area (Å²) in [7, 11) is -4.36. The van der Waals surface area contributed by atoms with Gasteiger partial charge < -0.3 is 35.4 Å². The lowest BCUT2D eigenvalue weighted by atomic mass is 10.0. The maximum absolute atomic E-state index is 14.3. The molecule has 1 aromatic heterocycles. The van der Waals surface area contributed by atoms with Gasteiger partial charge in [-0.2, -0.15) is 0 Å². The van der Waals surface area contributed by atoms with Crippen LogP contribution in [-0.2, 0) is 52.0 Å². The first-order chi connectivity index (χ1) is 25.7. The summed E-state index contributed by atoms with van der Waals surface area (Å²) in [5.41, 5.74) is 9.66. The van der Waals surface area contributed by atoms with E-state index < -0.39 is 45.0 Å². The van der Waals surface area contributed by atoms with E-state index in [1.165, 1.54) is 13.0 Å². The minimum atomic E-state index is -4.36. The van der Waals surface area contributed by atoms with Gasteiger partial charge >= 0.3 is 13.8 Å². The number of carbonyl (C=O) groups is 2. The first-order valence-corrected chi connectivity index (χ1v) is 18.6. The molecule has 0 spiro atoms. The number of esters is 1. The summed E-state index contributed by atoms with van der Waals surface area (Å²) in [5.74, 6) is -0.392. The Morgan fingerprint density at radius 3 is 2.26 bits per heavy atom. The number of H-pyrrole nitrogens is 1. The summed E-state index contributed by atoms with van der Waals surface area (Å²) in [6.45, 7) is 1.34. The molecular weight excluding hydrogens is 701 g/mol. The average Bonchev–Trinajstić information content (AvgIpc) is 3.56. The molecular formula is C39H42N3O10P. The molecule has 4 atom stereocenters. The highest BCUT2D eigenvalue weighted by Crippen LogP contribution is 2.53. The maximum atomic E-state index is 14.3. The van der Waals surface area contributed by atoms with Crippen molar-refractivity contribution in [3.63, 3.8) is 0 Å². The largest absolute Gasteiger partial charge is 0.475 e. The number of nitrogens with one attached hydrogen (secondary N) is 2. The zero-order chi connectivity index (χ0) is 37.2. The Labute approximate surface area is 306 Å². The molecule has 0 saturated carbocycles. The number of aromatic nitrogens is 1. The lowest BCUT2D eigenvalue weighted by Crippen LogP contribution is -2.52. The SMILES string of the molecule is CC(=O)NCCc1c[nH]c2ccc(O[C@H]3C[C@@H](OP(=O)(OCc4ccccc4)OCc4ccccc4)[C@H](O)[C@@H](COC(=O)c4ccccc4N)O3)cc12. The number of hydrogen-bond donors (Lipinski definition) is 4. The molecule has 1 fully saturated rings. The number of rotatable bonds is 16. The van der Waals surface area contributed by atoms with Crippen molar-refractivity contribution in [1.29, 1.82) is 0 Å². The third-order valence-electron chi connectivity index (χ3n) is 8.58. The lowest BCUT2D eigenvalue weighted by Gasteiger charge is -2.39. The van der Waals surface area contributed by atoms with Crippen molar-refractivity contribution in [2.24, 2.45) is 0 Å². The number of fused-ring (bicyclic) bond motifs is 1. The van der Waals surface area contributed by atoms with Gasteiger partial charge in [-0.1, -0.05) is 72.8 Å². The summed E-state index contributed by atoms with van der Waals surface area (Å²) >= 11 is 0. The molecule has 1 amide bonds. The smallest absolute Gasteiger partial charge is 0.465 e. The molecule has 0 radical (unpaired) electrons. The van der Waals surface area contributed by atoms with Crippen LogP contribution >= 0.6 is 7.82 Å². The number of phosphoric acid groups is 1. The zero-order valence-electron chi connectivity index (χ0n) is 29.1. The summed E-state index contributed by atoms with van der Waals surface area (Å²) < 4.78 is 50.1. The highest BCUT2D eigenvalue weighted by molar-refractivity contribution is 7.48. The Hall–Kier alpha value is -5.01. The number of para-hydroxylation sites is 1. The number of ether oxygens (including phenoxy) is 3. The molecule has 2 heterocycles. The summed E-state index contributed by atoms with van der Waals surface area (Å²) in [6, 6.07) is 30.1. The van der Waals surface area contributed by atoms with Gasteiger partial charge in [-0.05, 0) is 53.4 Å². The number of phosphoric ester groups is 1. The van der Waals surface area contributed by atoms with Gasteiger partial charge in [0, 0.05) is 42.7 Å². The van der Waals surface area contributed by atoms with Crippen molar-refractivity contribution in [2.75, 3.05) is 18.9 Å². The topological polar surface area (TPSA) is 181 Å². The standard InChI is InChI=1S/C39H42N3O10P/c1-26(43)41-19-18-29-22-42-34-17-16-30(20-32(29)34)50-37-21-35(38(44)36(51-37)25-47-39(45)31-14-8-9-15-33(31)40)52-53(46,48-23-27-10-4-2-5-11-27)49-24-28-12-6-3-7-13-28/h2-17,20,22,35-38,42,44H,18-19,21,23-25,40H2,1H3,(H,41,43)/t35-,36-,37-,38+/m1/s1. The van der Waals surface area contributed by atoms with Gasteiger partial charge in [-0.25, -0.2) is 9.36 Å². The molecule has 1 saturated heterocycles. The van der Waals surface area contributed by atoms with E-state index in [4.69, 9.17) is 33.5 Å². The van der Waals surface area contributed by atoms with Crippen molar-refractivity contribution in [1.82, 2.24) is 10.3 Å². The molecule has 13 nitrogen and oxygen atoms in total. The Kier molecular flexibility index (Phi) is 12.6. The summed E-state index contributed by atoms with van der Waals surface area (Å²) in [6.07, 6.45) is -2.51. The van der Waals surface area contributed by atoms with Crippen LogP contribution < -0.4 is 15.8 Å². The number of aromatic amines is 1. The predicted molar refractivity (Wildman–Crippen MR) is 197 cm³/mol. The molecule has 5 N–H and O–H groups in total. The molecule has 53 heavy (non-hydrogen) atoms. The van der Waals surface area contributed by atoms with E-state index in [9.17, 15) is 19.3 Å². The van der Waals surface area contributed by atoms with Crippen molar-refractivity contribution >= 4 is 36.3 Å². The number of amides is 1. The predicted octanol–water partition coefficient (Wildman–Crippen LogP) is 6.07. The number of aliphatic hydroxyl groups is 1. The minimum absolute atomic E-state index is 0.0906. The van der Waals surface area contributed by atoms with E-state index in [0.717, 1.165) is 27.6 Å². The fourth-order valence-corrected chi connectivity index (χ4v) is 7.17. The summed E-state index contributed by atoms with van der Waals surface area (Å²) in [5, 5.41) is 15.3. The monoisotopic (exact) mass is 743 g/mol. The number of carbonyl (C=O) groups excluding carboxylic acids is 2. The molecule has 5 aromatic rings. The normalized spacial score (nSPS) is 18.8. The van der Waals surface area contributed by atoms with Crippen molar-refractivity contribution < 1.29 is 47.0 Å². The average molecular weight is 744 g/mol. The Balaban J connectivity index is 1.23.